The van der Waals surface area contributed by atoms with Crippen molar-refractivity contribution in [3.63, 3.8) is 0 Å². The van der Waals surface area contributed by atoms with Crippen molar-refractivity contribution in [3.05, 3.63) is 59.4 Å². The number of rotatable bonds is 0. The van der Waals surface area contributed by atoms with Gasteiger partial charge < -0.3 is 4.57 Å². The molecule has 0 saturated carbocycles. The van der Waals surface area contributed by atoms with Gasteiger partial charge in [-0.15, -0.1) is 0 Å². The summed E-state index contributed by atoms with van der Waals surface area (Å²) in [4.78, 5) is 11.8. The van der Waals surface area contributed by atoms with Crippen LogP contribution in [0.25, 0.3) is 0 Å². The van der Waals surface area contributed by atoms with Crippen LogP contribution < -0.4 is 0 Å². The maximum Gasteiger partial charge on any atom is 0.183 e. The van der Waals surface area contributed by atoms with Crippen molar-refractivity contribution in [2.75, 3.05) is 0 Å². The third-order valence-electron chi connectivity index (χ3n) is 3.19. The second-order valence-electron chi connectivity index (χ2n) is 4.65. The van der Waals surface area contributed by atoms with Gasteiger partial charge in [-0.2, -0.15) is 0 Å². The number of nitrogens with zero attached hydrogens (tertiary/aromatic N) is 1. The Morgan fingerprint density at radius 1 is 1.17 bits per heavy atom. The zero-order valence-corrected chi connectivity index (χ0v) is 10.2. The van der Waals surface area contributed by atoms with Gasteiger partial charge in [0, 0.05) is 29.8 Å². The molecule has 3 rings (SSSR count). The summed E-state index contributed by atoms with van der Waals surface area (Å²) in [6, 6.07) is 11.7. The average molecular weight is 235 g/mol. The maximum absolute atomic E-state index is 11.8. The molecule has 88 valence electrons. The summed E-state index contributed by atoms with van der Waals surface area (Å²) in [5.74, 6) is 6.54. The smallest absolute Gasteiger partial charge is 0.183 e. The van der Waals surface area contributed by atoms with Crippen LogP contribution >= 0.6 is 0 Å². The molecule has 2 aromatic rings. The summed E-state index contributed by atoms with van der Waals surface area (Å²) in [6.45, 7) is 2.74. The topological polar surface area (TPSA) is 22.0 Å². The molecule has 0 amide bonds. The first kappa shape index (κ1) is 10.9. The second kappa shape index (κ2) is 4.19. The number of carbonyl (C=O) groups excluding carboxylic acids is 1. The fourth-order valence-electron chi connectivity index (χ4n) is 2.23. The predicted octanol–water partition coefficient (Wildman–Crippen LogP) is 2.72. The van der Waals surface area contributed by atoms with Crippen LogP contribution in [0.15, 0.2) is 42.6 Å². The molecule has 1 aromatic heterocycles. The molecule has 0 bridgehead atoms. The Kier molecular flexibility index (Phi) is 2.53. The van der Waals surface area contributed by atoms with Gasteiger partial charge in [-0.3, -0.25) is 4.79 Å². The molecule has 18 heavy (non-hydrogen) atoms. The van der Waals surface area contributed by atoms with E-state index < -0.39 is 0 Å². The van der Waals surface area contributed by atoms with Crippen molar-refractivity contribution in [3.8, 4) is 11.8 Å². The van der Waals surface area contributed by atoms with Gasteiger partial charge in [0.1, 0.15) is 0 Å². The SMILES string of the molecule is CC1Cn2cc(C#Cc3ccccc3)cc2C1=O. The number of carbonyl (C=O) groups is 1. The molecular formula is C16H13NO. The number of benzene rings is 1. The van der Waals surface area contributed by atoms with E-state index in [2.05, 4.69) is 11.8 Å². The zero-order valence-electron chi connectivity index (χ0n) is 10.2. The molecular weight excluding hydrogens is 222 g/mol. The number of fused-ring (bicyclic) bond motifs is 1. The fourth-order valence-corrected chi connectivity index (χ4v) is 2.23. The minimum Gasteiger partial charge on any atom is -0.343 e. The van der Waals surface area contributed by atoms with Gasteiger partial charge in [0.05, 0.1) is 5.69 Å². The third kappa shape index (κ3) is 1.84. The summed E-state index contributed by atoms with van der Waals surface area (Å²) < 4.78 is 2.00. The van der Waals surface area contributed by atoms with E-state index in [1.54, 1.807) is 0 Å². The molecule has 1 unspecified atom stereocenters. The van der Waals surface area contributed by atoms with Crippen LogP contribution in [0.2, 0.25) is 0 Å². The largest absolute Gasteiger partial charge is 0.343 e. The molecule has 0 saturated heterocycles. The zero-order chi connectivity index (χ0) is 12.5. The van der Waals surface area contributed by atoms with E-state index in [4.69, 9.17) is 0 Å². The maximum atomic E-state index is 11.8. The van der Waals surface area contributed by atoms with Gasteiger partial charge in [0.2, 0.25) is 0 Å². The normalized spacial score (nSPS) is 17.2. The predicted molar refractivity (Wildman–Crippen MR) is 70.3 cm³/mol. The molecule has 0 aliphatic carbocycles. The highest BCUT2D eigenvalue weighted by Gasteiger charge is 2.27. The van der Waals surface area contributed by atoms with Crippen LogP contribution in [0, 0.1) is 17.8 Å². The molecule has 0 N–H and O–H groups in total. The quantitative estimate of drug-likeness (QED) is 0.643. The van der Waals surface area contributed by atoms with E-state index in [0.29, 0.717) is 0 Å². The Morgan fingerprint density at radius 2 is 1.89 bits per heavy atom. The monoisotopic (exact) mass is 235 g/mol. The molecule has 1 aliphatic rings. The Bertz CT molecular complexity index is 655. The first-order valence-electron chi connectivity index (χ1n) is 6.05. The summed E-state index contributed by atoms with van der Waals surface area (Å²) >= 11 is 0. The molecule has 0 fully saturated rings. The van der Waals surface area contributed by atoms with Gasteiger partial charge >= 0.3 is 0 Å². The first-order chi connectivity index (χ1) is 8.74. The molecule has 1 aromatic carbocycles. The minimum absolute atomic E-state index is 0.108. The summed E-state index contributed by atoms with van der Waals surface area (Å²) in [7, 11) is 0. The summed E-state index contributed by atoms with van der Waals surface area (Å²) in [5.41, 5.74) is 2.69. The second-order valence-corrected chi connectivity index (χ2v) is 4.65. The number of hydrogen-bond donors (Lipinski definition) is 0. The Morgan fingerprint density at radius 3 is 2.61 bits per heavy atom. The Balaban J connectivity index is 1.89. The molecule has 2 heteroatoms. The lowest BCUT2D eigenvalue weighted by Gasteiger charge is -1.95. The molecule has 2 heterocycles. The molecule has 0 radical (unpaired) electrons. The lowest BCUT2D eigenvalue weighted by atomic mass is 10.1. The van der Waals surface area contributed by atoms with E-state index in [1.165, 1.54) is 0 Å². The lowest BCUT2D eigenvalue weighted by molar-refractivity contribution is 0.0946. The van der Waals surface area contributed by atoms with Crippen LogP contribution in [-0.4, -0.2) is 10.4 Å². The van der Waals surface area contributed by atoms with Crippen molar-refractivity contribution in [2.24, 2.45) is 5.92 Å². The van der Waals surface area contributed by atoms with Crippen LogP contribution in [0.1, 0.15) is 28.5 Å². The minimum atomic E-state index is 0.108. The highest BCUT2D eigenvalue weighted by atomic mass is 16.1. The van der Waals surface area contributed by atoms with Crippen molar-refractivity contribution >= 4 is 5.78 Å². The van der Waals surface area contributed by atoms with Gasteiger partial charge in [-0.25, -0.2) is 0 Å². The van der Waals surface area contributed by atoms with E-state index in [0.717, 1.165) is 23.4 Å². The lowest BCUT2D eigenvalue weighted by Crippen LogP contribution is -2.03. The Hall–Kier alpha value is -2.27. The van der Waals surface area contributed by atoms with Crippen LogP contribution in [-0.2, 0) is 6.54 Å². The van der Waals surface area contributed by atoms with Gasteiger partial charge in [0.15, 0.2) is 5.78 Å². The summed E-state index contributed by atoms with van der Waals surface area (Å²) in [6.07, 6.45) is 1.96. The summed E-state index contributed by atoms with van der Waals surface area (Å²) in [5, 5.41) is 0. The fraction of sp³-hybridized carbons (Fsp3) is 0.188. The van der Waals surface area contributed by atoms with Gasteiger partial charge in [-0.05, 0) is 18.2 Å². The molecule has 1 aliphatic heterocycles. The first-order valence-corrected chi connectivity index (χ1v) is 6.05. The highest BCUT2D eigenvalue weighted by molar-refractivity contribution is 5.98. The number of aromatic nitrogens is 1. The van der Waals surface area contributed by atoms with E-state index >= 15 is 0 Å². The van der Waals surface area contributed by atoms with Crippen LogP contribution in [0.5, 0.6) is 0 Å². The molecule has 1 atom stereocenters. The standard InChI is InChI=1S/C16H13NO/c1-12-10-17-11-14(9-15(17)16(12)18)8-7-13-5-3-2-4-6-13/h2-6,9,11-12H,10H2,1H3. The van der Waals surface area contributed by atoms with E-state index in [-0.39, 0.29) is 11.7 Å². The van der Waals surface area contributed by atoms with Gasteiger partial charge in [-0.1, -0.05) is 37.0 Å². The average Bonchev–Trinajstić information content (AvgIpc) is 2.89. The van der Waals surface area contributed by atoms with Gasteiger partial charge in [0.25, 0.3) is 0 Å². The van der Waals surface area contributed by atoms with Crippen LogP contribution in [0.4, 0.5) is 0 Å². The van der Waals surface area contributed by atoms with Crippen molar-refractivity contribution in [1.82, 2.24) is 4.57 Å². The molecule has 2 nitrogen and oxygen atoms in total. The number of hydrogen-bond acceptors (Lipinski definition) is 1. The van der Waals surface area contributed by atoms with Crippen molar-refractivity contribution < 1.29 is 4.79 Å². The van der Waals surface area contributed by atoms with E-state index in [9.17, 15) is 4.79 Å². The number of Topliss-reactive ketones (excluding diaryl/α,β-unsaturated/α-hetero) is 1. The number of ketones is 1. The van der Waals surface area contributed by atoms with Crippen LogP contribution in [0.3, 0.4) is 0 Å². The van der Waals surface area contributed by atoms with E-state index in [1.807, 2.05) is 54.1 Å². The third-order valence-corrected chi connectivity index (χ3v) is 3.19. The van der Waals surface area contributed by atoms with Crippen molar-refractivity contribution in [1.29, 1.82) is 0 Å². The highest BCUT2D eigenvalue weighted by Crippen LogP contribution is 2.22. The molecule has 0 spiro atoms. The Labute approximate surface area is 106 Å². The van der Waals surface area contributed by atoms with Crippen molar-refractivity contribution in [2.45, 2.75) is 13.5 Å².